The van der Waals surface area contributed by atoms with Crippen LogP contribution in [0, 0.1) is 5.92 Å². The number of morpholine rings is 1. The van der Waals surface area contributed by atoms with Crippen LogP contribution in [-0.2, 0) is 14.9 Å². The largest absolute Gasteiger partial charge is 0.379 e. The molecule has 108 valence electrons. The molecule has 2 saturated heterocycles. The van der Waals surface area contributed by atoms with Crippen molar-refractivity contribution < 1.29 is 13.2 Å². The number of ether oxygens (including phenoxy) is 1. The van der Waals surface area contributed by atoms with Crippen molar-refractivity contribution in [3.8, 4) is 0 Å². The zero-order chi connectivity index (χ0) is 12.3. The van der Waals surface area contributed by atoms with Gasteiger partial charge in [0.25, 0.3) is 10.2 Å². The maximum absolute atomic E-state index is 12.4. The fraction of sp³-hybridized carbons (Fsp3) is 1.00. The average molecular weight is 300 g/mol. The highest BCUT2D eigenvalue weighted by Gasteiger charge is 2.33. The van der Waals surface area contributed by atoms with Crippen molar-refractivity contribution in [3.05, 3.63) is 0 Å². The Balaban J connectivity index is 0.00000162. The molecule has 6 nitrogen and oxygen atoms in total. The van der Waals surface area contributed by atoms with Crippen LogP contribution < -0.4 is 5.73 Å². The van der Waals surface area contributed by atoms with Gasteiger partial charge in [0.15, 0.2) is 0 Å². The van der Waals surface area contributed by atoms with E-state index in [9.17, 15) is 8.42 Å². The lowest BCUT2D eigenvalue weighted by Crippen LogP contribution is -2.51. The van der Waals surface area contributed by atoms with Gasteiger partial charge in [0.2, 0.25) is 0 Å². The molecule has 2 aliphatic heterocycles. The fourth-order valence-corrected chi connectivity index (χ4v) is 4.07. The van der Waals surface area contributed by atoms with E-state index in [2.05, 4.69) is 0 Å². The first-order valence-corrected chi connectivity index (χ1v) is 7.57. The van der Waals surface area contributed by atoms with E-state index < -0.39 is 10.2 Å². The van der Waals surface area contributed by atoms with Crippen LogP contribution in [0.25, 0.3) is 0 Å². The first-order chi connectivity index (χ1) is 8.14. The van der Waals surface area contributed by atoms with Gasteiger partial charge in [-0.15, -0.1) is 12.4 Å². The van der Waals surface area contributed by atoms with Crippen LogP contribution in [0.2, 0.25) is 0 Å². The zero-order valence-electron chi connectivity index (χ0n) is 10.5. The Hall–Kier alpha value is 0.0800. The molecule has 2 rings (SSSR count). The summed E-state index contributed by atoms with van der Waals surface area (Å²) < 4.78 is 33.0. The topological polar surface area (TPSA) is 75.9 Å². The van der Waals surface area contributed by atoms with Crippen LogP contribution in [0.1, 0.15) is 12.8 Å². The SMILES string of the molecule is Cl.NCC1CCCN(S(=O)(=O)N2CCOCC2)C1. The molecule has 2 fully saturated rings. The lowest BCUT2D eigenvalue weighted by molar-refractivity contribution is 0.0691. The highest BCUT2D eigenvalue weighted by atomic mass is 35.5. The maximum Gasteiger partial charge on any atom is 0.282 e. The first kappa shape index (κ1) is 16.1. The van der Waals surface area contributed by atoms with Crippen molar-refractivity contribution in [3.63, 3.8) is 0 Å². The van der Waals surface area contributed by atoms with Gasteiger partial charge in [0.05, 0.1) is 13.2 Å². The highest BCUT2D eigenvalue weighted by Crippen LogP contribution is 2.20. The molecule has 2 heterocycles. The number of piperidine rings is 1. The molecular formula is C10H22ClN3O3S. The first-order valence-electron chi connectivity index (χ1n) is 6.17. The second kappa shape index (κ2) is 7.02. The van der Waals surface area contributed by atoms with Crippen molar-refractivity contribution in [2.75, 3.05) is 45.9 Å². The Morgan fingerprint density at radius 2 is 1.83 bits per heavy atom. The molecule has 0 aromatic carbocycles. The molecule has 0 radical (unpaired) electrons. The highest BCUT2D eigenvalue weighted by molar-refractivity contribution is 7.86. The van der Waals surface area contributed by atoms with E-state index in [4.69, 9.17) is 10.5 Å². The number of hydrogen-bond acceptors (Lipinski definition) is 4. The summed E-state index contributed by atoms with van der Waals surface area (Å²) in [4.78, 5) is 0. The second-order valence-electron chi connectivity index (χ2n) is 4.62. The van der Waals surface area contributed by atoms with Gasteiger partial charge >= 0.3 is 0 Å². The van der Waals surface area contributed by atoms with Gasteiger partial charge in [-0.1, -0.05) is 0 Å². The van der Waals surface area contributed by atoms with Gasteiger partial charge in [-0.25, -0.2) is 0 Å². The van der Waals surface area contributed by atoms with Gasteiger partial charge in [0, 0.05) is 26.2 Å². The molecule has 0 aromatic heterocycles. The predicted octanol–water partition coefficient (Wildman–Crippen LogP) is -0.344. The van der Waals surface area contributed by atoms with Crippen LogP contribution in [0.15, 0.2) is 0 Å². The second-order valence-corrected chi connectivity index (χ2v) is 6.55. The molecule has 0 aromatic rings. The van der Waals surface area contributed by atoms with Crippen molar-refractivity contribution in [1.82, 2.24) is 8.61 Å². The van der Waals surface area contributed by atoms with Crippen LogP contribution >= 0.6 is 12.4 Å². The quantitative estimate of drug-likeness (QED) is 0.773. The standard InChI is InChI=1S/C10H21N3O3S.ClH/c11-8-10-2-1-3-13(9-10)17(14,15)12-4-6-16-7-5-12;/h10H,1-9,11H2;1H. The molecule has 0 saturated carbocycles. The minimum atomic E-state index is -3.30. The van der Waals surface area contributed by atoms with E-state index in [1.807, 2.05) is 0 Å². The maximum atomic E-state index is 12.4. The van der Waals surface area contributed by atoms with Crippen LogP contribution in [0.3, 0.4) is 0 Å². The Morgan fingerprint density at radius 1 is 1.17 bits per heavy atom. The fourth-order valence-electron chi connectivity index (χ4n) is 2.37. The van der Waals surface area contributed by atoms with Gasteiger partial charge in [-0.3, -0.25) is 0 Å². The van der Waals surface area contributed by atoms with E-state index in [1.54, 1.807) is 4.31 Å². The van der Waals surface area contributed by atoms with Crippen molar-refractivity contribution in [2.45, 2.75) is 12.8 Å². The third-order valence-electron chi connectivity index (χ3n) is 3.44. The summed E-state index contributed by atoms with van der Waals surface area (Å²) in [6.45, 7) is 3.67. The predicted molar refractivity (Wildman–Crippen MR) is 71.9 cm³/mol. The smallest absolute Gasteiger partial charge is 0.282 e. The molecule has 2 N–H and O–H groups in total. The third-order valence-corrected chi connectivity index (χ3v) is 5.44. The Labute approximate surface area is 115 Å². The van der Waals surface area contributed by atoms with Crippen LogP contribution in [-0.4, -0.2) is 63.0 Å². The number of halogens is 1. The molecule has 0 aliphatic carbocycles. The number of nitrogens with zero attached hydrogens (tertiary/aromatic N) is 2. The van der Waals surface area contributed by atoms with Crippen molar-refractivity contribution in [2.24, 2.45) is 11.7 Å². The van der Waals surface area contributed by atoms with Gasteiger partial charge in [-0.2, -0.15) is 17.0 Å². The summed E-state index contributed by atoms with van der Waals surface area (Å²) in [5.41, 5.74) is 5.63. The minimum Gasteiger partial charge on any atom is -0.379 e. The van der Waals surface area contributed by atoms with Crippen molar-refractivity contribution in [1.29, 1.82) is 0 Å². The van der Waals surface area contributed by atoms with Crippen LogP contribution in [0.5, 0.6) is 0 Å². The summed E-state index contributed by atoms with van der Waals surface area (Å²) in [6, 6.07) is 0. The Bertz CT molecular complexity index is 346. The molecule has 0 spiro atoms. The molecule has 8 heteroatoms. The Kier molecular flexibility index (Phi) is 6.29. The molecule has 1 atom stereocenters. The summed E-state index contributed by atoms with van der Waals surface area (Å²) in [7, 11) is -3.30. The van der Waals surface area contributed by atoms with E-state index in [-0.39, 0.29) is 12.4 Å². The molecule has 2 aliphatic rings. The number of rotatable bonds is 3. The average Bonchev–Trinajstić information content (AvgIpc) is 2.40. The van der Waals surface area contributed by atoms with Crippen LogP contribution in [0.4, 0.5) is 0 Å². The number of hydrogen-bond donors (Lipinski definition) is 1. The minimum absolute atomic E-state index is 0. The summed E-state index contributed by atoms with van der Waals surface area (Å²) in [5.74, 6) is 0.305. The monoisotopic (exact) mass is 299 g/mol. The summed E-state index contributed by atoms with van der Waals surface area (Å²) in [6.07, 6.45) is 1.94. The molecular weight excluding hydrogens is 278 g/mol. The van der Waals surface area contributed by atoms with E-state index >= 15 is 0 Å². The van der Waals surface area contributed by atoms with E-state index in [1.165, 1.54) is 4.31 Å². The van der Waals surface area contributed by atoms with Gasteiger partial charge in [-0.05, 0) is 25.3 Å². The van der Waals surface area contributed by atoms with Gasteiger partial charge < -0.3 is 10.5 Å². The van der Waals surface area contributed by atoms with E-state index in [0.29, 0.717) is 51.9 Å². The Morgan fingerprint density at radius 3 is 2.44 bits per heavy atom. The van der Waals surface area contributed by atoms with E-state index in [0.717, 1.165) is 12.8 Å². The lowest BCUT2D eigenvalue weighted by Gasteiger charge is -2.36. The molecule has 0 amide bonds. The molecule has 1 unspecified atom stereocenters. The summed E-state index contributed by atoms with van der Waals surface area (Å²) in [5, 5.41) is 0. The number of nitrogens with two attached hydrogens (primary N) is 1. The molecule has 18 heavy (non-hydrogen) atoms. The summed E-state index contributed by atoms with van der Waals surface area (Å²) >= 11 is 0. The normalized spacial score (nSPS) is 27.7. The van der Waals surface area contributed by atoms with Gasteiger partial charge in [0.1, 0.15) is 0 Å². The van der Waals surface area contributed by atoms with Crippen molar-refractivity contribution >= 4 is 22.6 Å². The zero-order valence-corrected chi connectivity index (χ0v) is 12.1. The third kappa shape index (κ3) is 3.55. The lowest BCUT2D eigenvalue weighted by atomic mass is 10.0. The molecule has 0 bridgehead atoms.